The third-order valence-corrected chi connectivity index (χ3v) is 4.98. The summed E-state index contributed by atoms with van der Waals surface area (Å²) in [5.74, 6) is -0.247. The highest BCUT2D eigenvalue weighted by Crippen LogP contribution is 2.27. The predicted octanol–water partition coefficient (Wildman–Crippen LogP) is 3.36. The van der Waals surface area contributed by atoms with Gasteiger partial charge in [0, 0.05) is 12.7 Å². The van der Waals surface area contributed by atoms with Gasteiger partial charge in [0.2, 0.25) is 5.91 Å². The van der Waals surface area contributed by atoms with Crippen molar-refractivity contribution in [3.8, 4) is 11.1 Å². The predicted molar refractivity (Wildman–Crippen MR) is 96.9 cm³/mol. The molecule has 0 spiro atoms. The summed E-state index contributed by atoms with van der Waals surface area (Å²) >= 11 is 1.02. The molecular formula is C18H16N2O4S. The van der Waals surface area contributed by atoms with Gasteiger partial charge in [-0.3, -0.25) is 19.8 Å². The maximum Gasteiger partial charge on any atom is 0.411 e. The molecule has 6 nitrogen and oxygen atoms in total. The summed E-state index contributed by atoms with van der Waals surface area (Å²) in [6.07, 6.45) is -0.529. The number of rotatable bonds is 4. The molecule has 0 bridgehead atoms. The Morgan fingerprint density at radius 1 is 1.16 bits per heavy atom. The summed E-state index contributed by atoms with van der Waals surface area (Å²) in [6.45, 7) is 0. The number of thioether (sulfide) groups is 1. The van der Waals surface area contributed by atoms with Gasteiger partial charge < -0.3 is 5.11 Å². The molecule has 0 radical (unpaired) electrons. The van der Waals surface area contributed by atoms with Gasteiger partial charge in [0.05, 0.1) is 5.25 Å². The second-order valence-corrected chi connectivity index (χ2v) is 6.85. The van der Waals surface area contributed by atoms with Gasteiger partial charge in [0.15, 0.2) is 0 Å². The number of benzene rings is 2. The van der Waals surface area contributed by atoms with Gasteiger partial charge in [-0.05, 0) is 35.2 Å². The average Bonchev–Trinajstić information content (AvgIpc) is 2.92. The van der Waals surface area contributed by atoms with Crippen molar-refractivity contribution in [3.63, 3.8) is 0 Å². The molecule has 2 N–H and O–H groups in total. The zero-order valence-corrected chi connectivity index (χ0v) is 14.2. The Morgan fingerprint density at radius 2 is 1.88 bits per heavy atom. The van der Waals surface area contributed by atoms with Crippen molar-refractivity contribution in [1.29, 1.82) is 0 Å². The van der Waals surface area contributed by atoms with Gasteiger partial charge in [-0.1, -0.05) is 48.2 Å². The molecule has 0 aliphatic carbocycles. The van der Waals surface area contributed by atoms with Crippen LogP contribution in [0.3, 0.4) is 0 Å². The molecule has 1 unspecified atom stereocenters. The van der Waals surface area contributed by atoms with Crippen molar-refractivity contribution in [2.75, 3.05) is 11.9 Å². The SMILES string of the molecule is CN(C(=O)O)c1cccc(-c2ccc(CC3SC(=O)NC3=O)cc2)c1. The van der Waals surface area contributed by atoms with Gasteiger partial charge >= 0.3 is 6.09 Å². The van der Waals surface area contributed by atoms with Gasteiger partial charge in [-0.25, -0.2) is 4.79 Å². The monoisotopic (exact) mass is 356 g/mol. The first-order valence-corrected chi connectivity index (χ1v) is 8.49. The van der Waals surface area contributed by atoms with Gasteiger partial charge in [-0.15, -0.1) is 0 Å². The Kier molecular flexibility index (Phi) is 4.76. The molecule has 1 atom stereocenters. The van der Waals surface area contributed by atoms with E-state index in [0.717, 1.165) is 33.4 Å². The fourth-order valence-electron chi connectivity index (χ4n) is 2.58. The third kappa shape index (κ3) is 3.83. The lowest BCUT2D eigenvalue weighted by molar-refractivity contribution is -0.118. The number of hydrogen-bond donors (Lipinski definition) is 2. The molecule has 25 heavy (non-hydrogen) atoms. The first-order chi connectivity index (χ1) is 11.9. The Morgan fingerprint density at radius 3 is 2.48 bits per heavy atom. The molecule has 3 rings (SSSR count). The quantitative estimate of drug-likeness (QED) is 0.877. The molecule has 0 saturated carbocycles. The Hall–Kier alpha value is -2.80. The second kappa shape index (κ2) is 6.98. The average molecular weight is 356 g/mol. The Labute approximate surface area is 148 Å². The summed E-state index contributed by atoms with van der Waals surface area (Å²) in [4.78, 5) is 35.1. The lowest BCUT2D eigenvalue weighted by Gasteiger charge is -2.14. The Bertz CT molecular complexity index is 835. The highest BCUT2D eigenvalue weighted by molar-refractivity contribution is 8.15. The van der Waals surface area contributed by atoms with Crippen LogP contribution in [0.25, 0.3) is 11.1 Å². The third-order valence-electron chi connectivity index (χ3n) is 4.00. The van der Waals surface area contributed by atoms with Crippen LogP contribution in [0.2, 0.25) is 0 Å². The van der Waals surface area contributed by atoms with E-state index in [4.69, 9.17) is 5.11 Å². The van der Waals surface area contributed by atoms with Crippen LogP contribution < -0.4 is 10.2 Å². The van der Waals surface area contributed by atoms with Crippen LogP contribution in [0.15, 0.2) is 48.5 Å². The molecule has 1 aliphatic heterocycles. The summed E-state index contributed by atoms with van der Waals surface area (Å²) in [5.41, 5.74) is 3.40. The van der Waals surface area contributed by atoms with Crippen molar-refractivity contribution in [1.82, 2.24) is 5.32 Å². The molecule has 1 heterocycles. The zero-order valence-electron chi connectivity index (χ0n) is 13.4. The van der Waals surface area contributed by atoms with Crippen molar-refractivity contribution in [2.45, 2.75) is 11.7 Å². The van der Waals surface area contributed by atoms with Gasteiger partial charge in [0.1, 0.15) is 0 Å². The fraction of sp³-hybridized carbons (Fsp3) is 0.167. The number of amides is 3. The second-order valence-electron chi connectivity index (χ2n) is 5.68. The van der Waals surface area contributed by atoms with E-state index in [1.807, 2.05) is 42.5 Å². The van der Waals surface area contributed by atoms with Crippen LogP contribution in [0, 0.1) is 0 Å². The standard InChI is InChI=1S/C18H16N2O4S/c1-20(18(23)24)14-4-2-3-13(10-14)12-7-5-11(6-8-12)9-15-16(21)19-17(22)25-15/h2-8,10,15H,9H2,1H3,(H,23,24)(H,19,21,22). The molecule has 1 aliphatic rings. The van der Waals surface area contributed by atoms with E-state index >= 15 is 0 Å². The number of carbonyl (C=O) groups is 3. The van der Waals surface area contributed by atoms with Crippen LogP contribution in [0.5, 0.6) is 0 Å². The maximum absolute atomic E-state index is 11.6. The molecule has 3 amide bonds. The molecule has 0 aromatic heterocycles. The van der Waals surface area contributed by atoms with Crippen molar-refractivity contribution < 1.29 is 19.5 Å². The number of anilines is 1. The van der Waals surface area contributed by atoms with Gasteiger partial charge in [0.25, 0.3) is 5.24 Å². The highest BCUT2D eigenvalue weighted by atomic mass is 32.2. The van der Waals surface area contributed by atoms with E-state index in [0.29, 0.717) is 12.1 Å². The minimum absolute atomic E-state index is 0.247. The summed E-state index contributed by atoms with van der Waals surface area (Å²) in [5, 5.41) is 10.7. The summed E-state index contributed by atoms with van der Waals surface area (Å²) in [7, 11) is 1.50. The van der Waals surface area contributed by atoms with Crippen molar-refractivity contribution in [3.05, 3.63) is 54.1 Å². The molecule has 1 saturated heterocycles. The van der Waals surface area contributed by atoms with Crippen LogP contribution in [0.1, 0.15) is 5.56 Å². The number of carboxylic acid groups (broad SMARTS) is 1. The topological polar surface area (TPSA) is 86.7 Å². The lowest BCUT2D eigenvalue weighted by Crippen LogP contribution is -2.25. The largest absolute Gasteiger partial charge is 0.465 e. The smallest absolute Gasteiger partial charge is 0.411 e. The normalized spacial score (nSPS) is 16.6. The Balaban J connectivity index is 1.76. The van der Waals surface area contributed by atoms with E-state index in [1.165, 1.54) is 7.05 Å². The van der Waals surface area contributed by atoms with Crippen LogP contribution >= 0.6 is 11.8 Å². The lowest BCUT2D eigenvalue weighted by atomic mass is 10.0. The minimum atomic E-state index is -1.02. The fourth-order valence-corrected chi connectivity index (χ4v) is 3.44. The minimum Gasteiger partial charge on any atom is -0.465 e. The highest BCUT2D eigenvalue weighted by Gasteiger charge is 2.31. The number of imide groups is 1. The molecule has 2 aromatic rings. The summed E-state index contributed by atoms with van der Waals surface area (Å²) in [6, 6.07) is 14.9. The van der Waals surface area contributed by atoms with Crippen molar-refractivity contribution in [2.24, 2.45) is 0 Å². The number of nitrogens with one attached hydrogen (secondary N) is 1. The van der Waals surface area contributed by atoms with E-state index < -0.39 is 6.09 Å². The number of carbonyl (C=O) groups excluding carboxylic acids is 2. The summed E-state index contributed by atoms with van der Waals surface area (Å²) < 4.78 is 0. The van der Waals surface area contributed by atoms with E-state index in [9.17, 15) is 14.4 Å². The molecule has 128 valence electrons. The number of nitrogens with zero attached hydrogens (tertiary/aromatic N) is 1. The first-order valence-electron chi connectivity index (χ1n) is 7.61. The molecule has 7 heteroatoms. The van der Waals surface area contributed by atoms with Crippen LogP contribution in [-0.2, 0) is 11.2 Å². The number of hydrogen-bond acceptors (Lipinski definition) is 4. The van der Waals surface area contributed by atoms with Crippen LogP contribution in [0.4, 0.5) is 15.3 Å². The molecule has 2 aromatic carbocycles. The van der Waals surface area contributed by atoms with E-state index in [1.54, 1.807) is 6.07 Å². The zero-order chi connectivity index (χ0) is 18.0. The molecule has 1 fully saturated rings. The first kappa shape index (κ1) is 17.0. The van der Waals surface area contributed by atoms with E-state index in [2.05, 4.69) is 5.32 Å². The van der Waals surface area contributed by atoms with E-state index in [-0.39, 0.29) is 16.4 Å². The van der Waals surface area contributed by atoms with Gasteiger partial charge in [-0.2, -0.15) is 0 Å². The van der Waals surface area contributed by atoms with Crippen molar-refractivity contribution >= 4 is 34.7 Å². The maximum atomic E-state index is 11.6. The van der Waals surface area contributed by atoms with Crippen LogP contribution in [-0.4, -0.2) is 34.6 Å². The molecular weight excluding hydrogens is 340 g/mol.